The van der Waals surface area contributed by atoms with Gasteiger partial charge in [0.05, 0.1) is 22.2 Å². The average molecular weight is 351 g/mol. The third-order valence-electron chi connectivity index (χ3n) is 2.68. The van der Waals surface area contributed by atoms with Crippen LogP contribution in [0.25, 0.3) is 0 Å². The smallest absolute Gasteiger partial charge is 0.262 e. The summed E-state index contributed by atoms with van der Waals surface area (Å²) in [6.45, 7) is 1.73. The van der Waals surface area contributed by atoms with E-state index in [1.165, 1.54) is 6.07 Å². The molecule has 102 valence electrons. The lowest BCUT2D eigenvalue weighted by molar-refractivity contribution is 0.600. The maximum Gasteiger partial charge on any atom is 0.262 e. The monoisotopic (exact) mass is 350 g/mol. The van der Waals surface area contributed by atoms with Crippen LogP contribution in [0.4, 0.5) is 5.69 Å². The zero-order valence-electron chi connectivity index (χ0n) is 10.6. The summed E-state index contributed by atoms with van der Waals surface area (Å²) in [6.07, 6.45) is 0. The van der Waals surface area contributed by atoms with Gasteiger partial charge in [-0.1, -0.05) is 28.1 Å². The first-order chi connectivity index (χ1) is 9.42. The van der Waals surface area contributed by atoms with Crippen molar-refractivity contribution in [3.05, 3.63) is 58.1 Å². The highest BCUT2D eigenvalue weighted by molar-refractivity contribution is 9.10. The van der Waals surface area contributed by atoms with Gasteiger partial charge in [0, 0.05) is 4.47 Å². The Morgan fingerprint density at radius 1 is 1.20 bits per heavy atom. The molecule has 0 spiro atoms. The molecule has 0 aliphatic rings. The first-order valence-corrected chi connectivity index (χ1v) is 7.99. The molecule has 0 saturated carbocycles. The van der Waals surface area contributed by atoms with Crippen molar-refractivity contribution in [2.24, 2.45) is 0 Å². The molecule has 0 unspecified atom stereocenters. The van der Waals surface area contributed by atoms with Crippen molar-refractivity contribution in [3.8, 4) is 6.07 Å². The zero-order valence-corrected chi connectivity index (χ0v) is 13.0. The van der Waals surface area contributed by atoms with E-state index in [2.05, 4.69) is 20.7 Å². The van der Waals surface area contributed by atoms with E-state index in [1.807, 2.05) is 6.07 Å². The molecule has 1 N–H and O–H groups in total. The predicted molar refractivity (Wildman–Crippen MR) is 80.8 cm³/mol. The van der Waals surface area contributed by atoms with Crippen LogP contribution in [-0.2, 0) is 10.0 Å². The van der Waals surface area contributed by atoms with Crippen LogP contribution in [0.5, 0.6) is 0 Å². The Kier molecular flexibility index (Phi) is 4.12. The predicted octanol–water partition coefficient (Wildman–Crippen LogP) is 3.43. The largest absolute Gasteiger partial charge is 0.280 e. The van der Waals surface area contributed by atoms with Gasteiger partial charge in [0.1, 0.15) is 0 Å². The van der Waals surface area contributed by atoms with E-state index in [4.69, 9.17) is 5.26 Å². The fraction of sp³-hybridized carbons (Fsp3) is 0.0714. The molecule has 20 heavy (non-hydrogen) atoms. The van der Waals surface area contributed by atoms with Crippen LogP contribution in [0.2, 0.25) is 0 Å². The van der Waals surface area contributed by atoms with E-state index in [1.54, 1.807) is 43.3 Å². The number of halogens is 1. The molecule has 0 amide bonds. The number of anilines is 1. The Labute approximate surface area is 126 Å². The molecule has 0 aliphatic heterocycles. The Morgan fingerprint density at radius 2 is 1.95 bits per heavy atom. The summed E-state index contributed by atoms with van der Waals surface area (Å²) in [4.78, 5) is 0.203. The molecule has 0 aromatic heterocycles. The molecule has 6 heteroatoms. The van der Waals surface area contributed by atoms with Crippen LogP contribution in [0, 0.1) is 18.3 Å². The maximum atomic E-state index is 12.4. The highest BCUT2D eigenvalue weighted by Gasteiger charge is 2.17. The Hall–Kier alpha value is -1.84. The van der Waals surface area contributed by atoms with Gasteiger partial charge in [0.2, 0.25) is 0 Å². The van der Waals surface area contributed by atoms with Crippen LogP contribution >= 0.6 is 15.9 Å². The molecule has 2 rings (SSSR count). The zero-order chi connectivity index (χ0) is 14.8. The van der Waals surface area contributed by atoms with Crippen molar-refractivity contribution in [1.29, 1.82) is 5.26 Å². The van der Waals surface area contributed by atoms with Gasteiger partial charge in [0.25, 0.3) is 10.0 Å². The number of benzene rings is 2. The number of hydrogen-bond donors (Lipinski definition) is 1. The standard InChI is InChI=1S/C14H11BrN2O2S/c1-10-5-6-12(15)8-14(10)20(18,19)17-13-4-2-3-11(7-13)9-16/h2-8,17H,1H3. The second-order valence-electron chi connectivity index (χ2n) is 4.21. The second-order valence-corrected chi connectivity index (χ2v) is 6.77. The quantitative estimate of drug-likeness (QED) is 0.921. The number of aryl methyl sites for hydroxylation is 1. The molecule has 2 aromatic rings. The van der Waals surface area contributed by atoms with Crippen molar-refractivity contribution >= 4 is 31.6 Å². The normalized spacial score (nSPS) is 10.8. The highest BCUT2D eigenvalue weighted by atomic mass is 79.9. The second kappa shape index (κ2) is 5.65. The van der Waals surface area contributed by atoms with Gasteiger partial charge in [-0.25, -0.2) is 8.42 Å². The topological polar surface area (TPSA) is 70.0 Å². The van der Waals surface area contributed by atoms with Crippen molar-refractivity contribution in [2.75, 3.05) is 4.72 Å². The number of hydrogen-bond acceptors (Lipinski definition) is 3. The minimum atomic E-state index is -3.68. The minimum absolute atomic E-state index is 0.203. The SMILES string of the molecule is Cc1ccc(Br)cc1S(=O)(=O)Nc1cccc(C#N)c1. The summed E-state index contributed by atoms with van der Waals surface area (Å²) in [5.41, 5.74) is 1.41. The van der Waals surface area contributed by atoms with E-state index in [9.17, 15) is 8.42 Å². The fourth-order valence-electron chi connectivity index (χ4n) is 1.73. The number of sulfonamides is 1. The molecule has 0 saturated heterocycles. The first kappa shape index (κ1) is 14.6. The first-order valence-electron chi connectivity index (χ1n) is 5.71. The van der Waals surface area contributed by atoms with Gasteiger partial charge in [-0.05, 0) is 42.8 Å². The van der Waals surface area contributed by atoms with Gasteiger partial charge in [0.15, 0.2) is 0 Å². The molecule has 0 heterocycles. The third-order valence-corrected chi connectivity index (χ3v) is 4.70. The summed E-state index contributed by atoms with van der Waals surface area (Å²) in [7, 11) is -3.68. The Balaban J connectivity index is 2.41. The molecule has 0 radical (unpaired) electrons. The van der Waals surface area contributed by atoms with E-state index >= 15 is 0 Å². The fourth-order valence-corrected chi connectivity index (χ4v) is 3.56. The van der Waals surface area contributed by atoms with Crippen molar-refractivity contribution in [3.63, 3.8) is 0 Å². The average Bonchev–Trinajstić information content (AvgIpc) is 2.41. The molecule has 4 nitrogen and oxygen atoms in total. The van der Waals surface area contributed by atoms with E-state index in [0.717, 1.165) is 0 Å². The van der Waals surface area contributed by atoms with Gasteiger partial charge in [-0.15, -0.1) is 0 Å². The van der Waals surface area contributed by atoms with E-state index in [0.29, 0.717) is 21.3 Å². The van der Waals surface area contributed by atoms with E-state index in [-0.39, 0.29) is 4.90 Å². The van der Waals surface area contributed by atoms with Gasteiger partial charge in [-0.2, -0.15) is 5.26 Å². The van der Waals surface area contributed by atoms with E-state index < -0.39 is 10.0 Å². The molecule has 0 atom stereocenters. The number of nitrogens with one attached hydrogen (secondary N) is 1. The molecular formula is C14H11BrN2O2S. The minimum Gasteiger partial charge on any atom is -0.280 e. The van der Waals surface area contributed by atoms with Crippen LogP contribution in [0.3, 0.4) is 0 Å². The van der Waals surface area contributed by atoms with Crippen molar-refractivity contribution in [1.82, 2.24) is 0 Å². The lowest BCUT2D eigenvalue weighted by atomic mass is 10.2. The van der Waals surface area contributed by atoms with Gasteiger partial charge >= 0.3 is 0 Å². The van der Waals surface area contributed by atoms with Gasteiger partial charge in [-0.3, -0.25) is 4.72 Å². The van der Waals surface area contributed by atoms with Crippen molar-refractivity contribution in [2.45, 2.75) is 11.8 Å². The molecule has 0 fully saturated rings. The maximum absolute atomic E-state index is 12.4. The summed E-state index contributed by atoms with van der Waals surface area (Å²) < 4.78 is 27.9. The number of nitrogens with zero attached hydrogens (tertiary/aromatic N) is 1. The summed E-state index contributed by atoms with van der Waals surface area (Å²) in [6, 6.07) is 13.4. The van der Waals surface area contributed by atoms with Crippen LogP contribution in [0.15, 0.2) is 51.8 Å². The van der Waals surface area contributed by atoms with Crippen LogP contribution in [0.1, 0.15) is 11.1 Å². The number of rotatable bonds is 3. The Morgan fingerprint density at radius 3 is 2.65 bits per heavy atom. The van der Waals surface area contributed by atoms with Gasteiger partial charge < -0.3 is 0 Å². The molecule has 2 aromatic carbocycles. The Bertz CT molecular complexity index is 795. The van der Waals surface area contributed by atoms with Crippen LogP contribution < -0.4 is 4.72 Å². The lowest BCUT2D eigenvalue weighted by Crippen LogP contribution is -2.14. The molecule has 0 bridgehead atoms. The summed E-state index contributed by atoms with van der Waals surface area (Å²) in [5, 5.41) is 8.82. The van der Waals surface area contributed by atoms with Crippen LogP contribution in [-0.4, -0.2) is 8.42 Å². The molecular weight excluding hydrogens is 340 g/mol. The molecule has 0 aliphatic carbocycles. The van der Waals surface area contributed by atoms with Crippen molar-refractivity contribution < 1.29 is 8.42 Å². The number of nitriles is 1. The highest BCUT2D eigenvalue weighted by Crippen LogP contribution is 2.23. The lowest BCUT2D eigenvalue weighted by Gasteiger charge is -2.11. The summed E-state index contributed by atoms with van der Waals surface area (Å²) >= 11 is 3.26. The third kappa shape index (κ3) is 3.18. The summed E-state index contributed by atoms with van der Waals surface area (Å²) in [5.74, 6) is 0.